The van der Waals surface area contributed by atoms with Crippen molar-refractivity contribution in [3.8, 4) is 5.75 Å². The maximum absolute atomic E-state index is 13.4. The first-order chi connectivity index (χ1) is 13.8. The number of thiazole rings is 1. The molecule has 1 fully saturated rings. The minimum Gasteiger partial charge on any atom is -0.478 e. The van der Waals surface area contributed by atoms with E-state index in [0.29, 0.717) is 37.0 Å². The topological polar surface area (TPSA) is 45.7 Å². The van der Waals surface area contributed by atoms with E-state index in [1.54, 1.807) is 44.2 Å². The van der Waals surface area contributed by atoms with E-state index in [1.165, 1.54) is 23.5 Å². The van der Waals surface area contributed by atoms with Crippen LogP contribution in [-0.2, 0) is 4.79 Å². The molecule has 4 rings (SSSR count). The number of carbonyl (C=O) groups is 1. The molecule has 0 spiro atoms. The Bertz CT molecular complexity index is 1030. The molecule has 0 saturated carbocycles. The van der Waals surface area contributed by atoms with E-state index in [0.717, 1.165) is 15.3 Å². The molecular weight excluding hydrogens is 413 g/mol. The highest BCUT2D eigenvalue weighted by Gasteiger charge is 2.36. The highest BCUT2D eigenvalue weighted by atomic mass is 35.5. The summed E-state index contributed by atoms with van der Waals surface area (Å²) in [4.78, 5) is 21.6. The van der Waals surface area contributed by atoms with Crippen molar-refractivity contribution in [3.63, 3.8) is 0 Å². The Morgan fingerprint density at radius 3 is 2.52 bits per heavy atom. The van der Waals surface area contributed by atoms with Gasteiger partial charge in [0.05, 0.1) is 10.2 Å². The van der Waals surface area contributed by atoms with Crippen molar-refractivity contribution < 1.29 is 13.9 Å². The lowest BCUT2D eigenvalue weighted by Crippen LogP contribution is -2.55. The van der Waals surface area contributed by atoms with Gasteiger partial charge in [-0.05, 0) is 56.3 Å². The lowest BCUT2D eigenvalue weighted by atomic mass is 10.1. The average Bonchev–Trinajstić information content (AvgIpc) is 3.12. The number of nitrogens with zero attached hydrogens (tertiary/aromatic N) is 3. The van der Waals surface area contributed by atoms with Crippen molar-refractivity contribution in [1.29, 1.82) is 0 Å². The van der Waals surface area contributed by atoms with Gasteiger partial charge >= 0.3 is 0 Å². The van der Waals surface area contributed by atoms with Gasteiger partial charge in [0.1, 0.15) is 11.6 Å². The molecule has 8 heteroatoms. The van der Waals surface area contributed by atoms with Gasteiger partial charge in [-0.3, -0.25) is 4.79 Å². The maximum atomic E-state index is 13.4. The van der Waals surface area contributed by atoms with Crippen LogP contribution in [0.3, 0.4) is 0 Å². The van der Waals surface area contributed by atoms with Crippen LogP contribution in [0.4, 0.5) is 9.52 Å². The molecule has 29 heavy (non-hydrogen) atoms. The summed E-state index contributed by atoms with van der Waals surface area (Å²) >= 11 is 7.38. The normalized spacial score (nSPS) is 15.0. The third kappa shape index (κ3) is 4.31. The Morgan fingerprint density at radius 1 is 1.14 bits per heavy atom. The Labute approximate surface area is 177 Å². The summed E-state index contributed by atoms with van der Waals surface area (Å²) in [6, 6.07) is 11.6. The minimum atomic E-state index is -0.983. The molecule has 0 radical (unpaired) electrons. The molecule has 0 bridgehead atoms. The molecule has 1 aliphatic rings. The molecular formula is C21H21ClFN3O2S. The number of benzene rings is 2. The third-order valence-corrected chi connectivity index (χ3v) is 6.21. The van der Waals surface area contributed by atoms with Crippen molar-refractivity contribution in [2.45, 2.75) is 19.4 Å². The van der Waals surface area contributed by atoms with E-state index < -0.39 is 5.60 Å². The van der Waals surface area contributed by atoms with Crippen LogP contribution >= 0.6 is 22.9 Å². The quantitative estimate of drug-likeness (QED) is 0.603. The fraction of sp³-hybridized carbons (Fsp3) is 0.333. The van der Waals surface area contributed by atoms with E-state index in [9.17, 15) is 9.18 Å². The first-order valence-corrected chi connectivity index (χ1v) is 10.6. The molecule has 0 unspecified atom stereocenters. The van der Waals surface area contributed by atoms with E-state index in [4.69, 9.17) is 16.3 Å². The fourth-order valence-electron chi connectivity index (χ4n) is 3.34. The number of halogens is 2. The van der Waals surface area contributed by atoms with Gasteiger partial charge in [-0.2, -0.15) is 0 Å². The number of anilines is 1. The number of hydrogen-bond acceptors (Lipinski definition) is 5. The first kappa shape index (κ1) is 19.9. The summed E-state index contributed by atoms with van der Waals surface area (Å²) in [5.74, 6) is 0.289. The number of ether oxygens (including phenoxy) is 1. The SMILES string of the molecule is CC(C)(Oc1ccc(Cl)cc1)C(=O)N1CCN(c2nc3ccc(F)cc3s2)CC1. The number of carbonyl (C=O) groups excluding carboxylic acids is 1. The van der Waals surface area contributed by atoms with Crippen LogP contribution in [0, 0.1) is 5.82 Å². The maximum Gasteiger partial charge on any atom is 0.266 e. The molecule has 1 aliphatic heterocycles. The van der Waals surface area contributed by atoms with Crippen molar-refractivity contribution >= 4 is 44.2 Å². The Morgan fingerprint density at radius 2 is 1.83 bits per heavy atom. The third-order valence-electron chi connectivity index (χ3n) is 4.88. The summed E-state index contributed by atoms with van der Waals surface area (Å²) in [5.41, 5.74) is -0.189. The molecule has 1 aromatic heterocycles. The molecule has 1 amide bonds. The number of fused-ring (bicyclic) bond motifs is 1. The zero-order chi connectivity index (χ0) is 20.6. The van der Waals surface area contributed by atoms with Crippen LogP contribution in [0.25, 0.3) is 10.2 Å². The second-order valence-electron chi connectivity index (χ2n) is 7.45. The van der Waals surface area contributed by atoms with E-state index >= 15 is 0 Å². The predicted octanol–water partition coefficient (Wildman–Crippen LogP) is 4.60. The van der Waals surface area contributed by atoms with Gasteiger partial charge in [-0.1, -0.05) is 22.9 Å². The Hall–Kier alpha value is -2.38. The van der Waals surface area contributed by atoms with Gasteiger partial charge in [0.2, 0.25) is 0 Å². The lowest BCUT2D eigenvalue weighted by Gasteiger charge is -2.38. The molecule has 2 aromatic carbocycles. The van der Waals surface area contributed by atoms with E-state index in [1.807, 2.05) is 4.90 Å². The molecule has 1 saturated heterocycles. The molecule has 0 atom stereocenters. The van der Waals surface area contributed by atoms with Crippen molar-refractivity contribution in [2.24, 2.45) is 0 Å². The average molecular weight is 434 g/mol. The van der Waals surface area contributed by atoms with Crippen molar-refractivity contribution in [1.82, 2.24) is 9.88 Å². The zero-order valence-corrected chi connectivity index (χ0v) is 17.8. The highest BCUT2D eigenvalue weighted by Crippen LogP contribution is 2.30. The summed E-state index contributed by atoms with van der Waals surface area (Å²) < 4.78 is 20.2. The molecule has 0 aliphatic carbocycles. The second kappa shape index (κ2) is 7.80. The van der Waals surface area contributed by atoms with Crippen molar-refractivity contribution in [2.75, 3.05) is 31.1 Å². The Balaban J connectivity index is 1.40. The summed E-state index contributed by atoms with van der Waals surface area (Å²) in [6.45, 7) is 6.06. The van der Waals surface area contributed by atoms with Crippen LogP contribution < -0.4 is 9.64 Å². The van der Waals surface area contributed by atoms with E-state index in [2.05, 4.69) is 9.88 Å². The molecule has 2 heterocycles. The predicted molar refractivity (Wildman–Crippen MR) is 115 cm³/mol. The van der Waals surface area contributed by atoms with Gasteiger partial charge in [0.25, 0.3) is 5.91 Å². The minimum absolute atomic E-state index is 0.0570. The van der Waals surface area contributed by atoms with Crippen LogP contribution in [0.15, 0.2) is 42.5 Å². The Kier molecular flexibility index (Phi) is 5.36. The summed E-state index contributed by atoms with van der Waals surface area (Å²) in [6.07, 6.45) is 0. The van der Waals surface area contributed by atoms with Gasteiger partial charge in [-0.25, -0.2) is 9.37 Å². The standard InChI is InChI=1S/C21H21ClFN3O2S/c1-21(2,28-16-6-3-14(22)4-7-16)19(27)25-9-11-26(12-10-25)20-24-17-8-5-15(23)13-18(17)29-20/h3-8,13H,9-12H2,1-2H3. The van der Waals surface area contributed by atoms with Crippen LogP contribution in [0.1, 0.15) is 13.8 Å². The summed E-state index contributed by atoms with van der Waals surface area (Å²) in [7, 11) is 0. The van der Waals surface area contributed by atoms with Crippen LogP contribution in [-0.4, -0.2) is 47.6 Å². The number of hydrogen-bond donors (Lipinski definition) is 0. The number of aromatic nitrogens is 1. The van der Waals surface area contributed by atoms with Crippen molar-refractivity contribution in [3.05, 3.63) is 53.3 Å². The van der Waals surface area contributed by atoms with Crippen LogP contribution in [0.5, 0.6) is 5.75 Å². The zero-order valence-electron chi connectivity index (χ0n) is 16.2. The summed E-state index contributed by atoms with van der Waals surface area (Å²) in [5, 5.41) is 1.48. The molecule has 0 N–H and O–H groups in total. The molecule has 152 valence electrons. The first-order valence-electron chi connectivity index (χ1n) is 9.37. The lowest BCUT2D eigenvalue weighted by molar-refractivity contribution is -0.145. The smallest absolute Gasteiger partial charge is 0.266 e. The molecule has 3 aromatic rings. The van der Waals surface area contributed by atoms with Gasteiger partial charge in [0, 0.05) is 31.2 Å². The van der Waals surface area contributed by atoms with E-state index in [-0.39, 0.29) is 11.7 Å². The van der Waals surface area contributed by atoms with Gasteiger partial charge < -0.3 is 14.5 Å². The number of amides is 1. The second-order valence-corrected chi connectivity index (χ2v) is 8.90. The monoisotopic (exact) mass is 433 g/mol. The fourth-order valence-corrected chi connectivity index (χ4v) is 4.51. The number of piperazine rings is 1. The molecule has 5 nitrogen and oxygen atoms in total. The van der Waals surface area contributed by atoms with Crippen LogP contribution in [0.2, 0.25) is 5.02 Å². The van der Waals surface area contributed by atoms with Gasteiger partial charge in [-0.15, -0.1) is 0 Å². The van der Waals surface area contributed by atoms with Gasteiger partial charge in [0.15, 0.2) is 10.7 Å². The highest BCUT2D eigenvalue weighted by molar-refractivity contribution is 7.22. The largest absolute Gasteiger partial charge is 0.478 e. The number of rotatable bonds is 4.